The highest BCUT2D eigenvalue weighted by Gasteiger charge is 2.47. The molecule has 7 aromatic rings. The number of benzene rings is 7. The molecule has 280 valence electrons. The lowest BCUT2D eigenvalue weighted by atomic mass is 9.43. The fraction of sp³-hybridized carbons (Fsp3) is 0.222. The molecule has 1 aliphatic carbocycles. The van der Waals surface area contributed by atoms with E-state index < -0.39 is 0 Å². The van der Waals surface area contributed by atoms with Gasteiger partial charge in [-0.05, 0) is 136 Å². The fourth-order valence-electron chi connectivity index (χ4n) is 10.2. The van der Waals surface area contributed by atoms with E-state index in [0.29, 0.717) is 0 Å². The van der Waals surface area contributed by atoms with Crippen LogP contribution in [-0.2, 0) is 18.3 Å². The van der Waals surface area contributed by atoms with Crippen molar-refractivity contribution in [2.24, 2.45) is 0 Å². The predicted molar refractivity (Wildman–Crippen MR) is 245 cm³/mol. The Morgan fingerprint density at radius 2 is 1.19 bits per heavy atom. The number of fused-ring (bicyclic) bond motifs is 7. The van der Waals surface area contributed by atoms with Crippen molar-refractivity contribution >= 4 is 46.2 Å². The number of nitrogens with zero attached hydrogens (tertiary/aromatic N) is 2. The first-order chi connectivity index (χ1) is 27.9. The Kier molecular flexibility index (Phi) is 8.74. The highest BCUT2D eigenvalue weighted by Crippen LogP contribution is 2.53. The molecule has 0 N–H and O–H groups in total. The summed E-state index contributed by atoms with van der Waals surface area (Å²) in [6, 6.07) is 56.1. The summed E-state index contributed by atoms with van der Waals surface area (Å²) >= 11 is 0. The van der Waals surface area contributed by atoms with Crippen LogP contribution in [0.15, 0.2) is 146 Å². The zero-order valence-corrected chi connectivity index (χ0v) is 34.1. The molecule has 3 aliphatic rings. The van der Waals surface area contributed by atoms with Gasteiger partial charge in [-0.15, -0.1) is 0 Å². The minimum absolute atomic E-state index is 0.0246. The summed E-state index contributed by atoms with van der Waals surface area (Å²) in [7, 11) is 0. The van der Waals surface area contributed by atoms with Crippen LogP contribution < -0.4 is 20.6 Å². The van der Waals surface area contributed by atoms with Gasteiger partial charge in [0.1, 0.15) is 0 Å². The molecule has 0 amide bonds. The minimum Gasteiger partial charge on any atom is -0.376 e. The molecule has 57 heavy (non-hydrogen) atoms. The molecule has 0 atom stereocenters. The van der Waals surface area contributed by atoms with Crippen LogP contribution in [0.3, 0.4) is 0 Å². The van der Waals surface area contributed by atoms with Gasteiger partial charge >= 0.3 is 6.85 Å². The zero-order valence-electron chi connectivity index (χ0n) is 34.1. The lowest BCUT2D eigenvalue weighted by molar-refractivity contribution is 0.660. The summed E-state index contributed by atoms with van der Waals surface area (Å²) in [6.07, 6.45) is 6.97. The molecular weight excluding hydrogens is 687 g/mol. The number of hydrogen-bond acceptors (Lipinski definition) is 2. The van der Waals surface area contributed by atoms with E-state index >= 15 is 0 Å². The fourth-order valence-corrected chi connectivity index (χ4v) is 10.2. The Morgan fingerprint density at radius 3 is 1.96 bits per heavy atom. The first kappa shape index (κ1) is 35.6. The average molecular weight is 739 g/mol. The van der Waals surface area contributed by atoms with Crippen LogP contribution in [-0.4, -0.2) is 6.85 Å². The van der Waals surface area contributed by atoms with E-state index in [1.807, 2.05) is 0 Å². The molecule has 0 saturated heterocycles. The first-order valence-electron chi connectivity index (χ1n) is 21.3. The summed E-state index contributed by atoms with van der Waals surface area (Å²) in [5, 5.41) is 0. The Bertz CT molecular complexity index is 2660. The molecule has 0 fully saturated rings. The van der Waals surface area contributed by atoms with Crippen molar-refractivity contribution in [1.29, 1.82) is 0 Å². The van der Waals surface area contributed by atoms with Gasteiger partial charge in [0.2, 0.25) is 0 Å². The SMILES string of the molecule is CCCCc1ccc(N2B3c4cc5c(cc4N(c4ccc(CCCC)cc4-c4ccccc4)c4cc(C)cc(c43)-c3ccccc32)C(C)(C)c2ccccc2-5)cc1. The Labute approximate surface area is 340 Å². The van der Waals surface area contributed by atoms with Gasteiger partial charge in [-0.1, -0.05) is 144 Å². The lowest BCUT2D eigenvalue weighted by Crippen LogP contribution is -2.61. The van der Waals surface area contributed by atoms with Crippen LogP contribution in [0.4, 0.5) is 28.4 Å². The number of aryl methyl sites for hydroxylation is 3. The Morgan fingerprint density at radius 1 is 0.509 bits per heavy atom. The molecule has 2 heterocycles. The Balaban J connectivity index is 1.29. The van der Waals surface area contributed by atoms with Gasteiger partial charge in [0.05, 0.1) is 5.69 Å². The van der Waals surface area contributed by atoms with Gasteiger partial charge in [0.25, 0.3) is 0 Å². The van der Waals surface area contributed by atoms with Crippen LogP contribution in [0, 0.1) is 6.92 Å². The van der Waals surface area contributed by atoms with Gasteiger partial charge in [0, 0.05) is 39.3 Å². The van der Waals surface area contributed by atoms with E-state index in [4.69, 9.17) is 0 Å². The van der Waals surface area contributed by atoms with Crippen LogP contribution in [0.25, 0.3) is 33.4 Å². The molecule has 0 saturated carbocycles. The van der Waals surface area contributed by atoms with E-state index in [2.05, 4.69) is 190 Å². The Hall–Kier alpha value is -5.80. The standard InChI is InChI=1S/C54H51BN2/c1-6-8-17-37-25-28-40(29-26-37)57-50-24-16-14-22-42(50)45-31-36(3)32-52-53(45)55(57)48-34-44-41-21-13-15-23-46(41)54(4,5)47(44)35-51(48)56(52)49-30-27-38(18-9-7-2)33-43(49)39-19-11-10-12-20-39/h10-16,19-35H,6-9,17-18H2,1-5H3. The second-order valence-electron chi connectivity index (χ2n) is 17.1. The molecule has 2 aliphatic heterocycles. The van der Waals surface area contributed by atoms with E-state index in [1.54, 1.807) is 0 Å². The highest BCUT2D eigenvalue weighted by molar-refractivity contribution is 6.93. The molecule has 0 radical (unpaired) electrons. The molecule has 3 heteroatoms. The summed E-state index contributed by atoms with van der Waals surface area (Å²) < 4.78 is 0. The molecule has 2 nitrogen and oxygen atoms in total. The van der Waals surface area contributed by atoms with Crippen molar-refractivity contribution in [3.8, 4) is 33.4 Å². The number of hydrogen-bond donors (Lipinski definition) is 0. The third-order valence-electron chi connectivity index (χ3n) is 13.0. The molecular formula is C54H51BN2. The van der Waals surface area contributed by atoms with E-state index in [-0.39, 0.29) is 12.3 Å². The molecule has 7 aromatic carbocycles. The van der Waals surface area contributed by atoms with Crippen LogP contribution in [0.1, 0.15) is 81.2 Å². The van der Waals surface area contributed by atoms with E-state index in [1.165, 1.54) is 126 Å². The largest absolute Gasteiger partial charge is 0.376 e. The smallest absolute Gasteiger partial charge is 0.333 e. The monoisotopic (exact) mass is 738 g/mol. The summed E-state index contributed by atoms with van der Waals surface area (Å²) in [4.78, 5) is 5.30. The van der Waals surface area contributed by atoms with Crippen molar-refractivity contribution in [2.75, 3.05) is 9.71 Å². The van der Waals surface area contributed by atoms with Crippen molar-refractivity contribution in [2.45, 2.75) is 78.6 Å². The second-order valence-corrected chi connectivity index (χ2v) is 17.1. The van der Waals surface area contributed by atoms with E-state index in [0.717, 1.165) is 12.8 Å². The molecule has 0 aromatic heterocycles. The highest BCUT2D eigenvalue weighted by atomic mass is 15.2. The molecule has 0 unspecified atom stereocenters. The maximum atomic E-state index is 2.65. The summed E-state index contributed by atoms with van der Waals surface area (Å²) in [5.41, 5.74) is 23.6. The number of anilines is 5. The number of rotatable bonds is 9. The lowest BCUT2D eigenvalue weighted by Gasteiger charge is -2.46. The third-order valence-corrected chi connectivity index (χ3v) is 13.0. The van der Waals surface area contributed by atoms with Crippen molar-refractivity contribution in [3.05, 3.63) is 173 Å². The van der Waals surface area contributed by atoms with Gasteiger partial charge < -0.3 is 9.71 Å². The summed E-state index contributed by atoms with van der Waals surface area (Å²) in [6.45, 7) is 11.6. The number of unbranched alkanes of at least 4 members (excludes halogenated alkanes) is 2. The normalized spacial score (nSPS) is 14.2. The van der Waals surface area contributed by atoms with Gasteiger partial charge in [0.15, 0.2) is 0 Å². The van der Waals surface area contributed by atoms with E-state index in [9.17, 15) is 0 Å². The molecule has 0 spiro atoms. The quantitative estimate of drug-likeness (QED) is 0.136. The van der Waals surface area contributed by atoms with Crippen LogP contribution in [0.2, 0.25) is 0 Å². The first-order valence-corrected chi connectivity index (χ1v) is 21.3. The van der Waals surface area contributed by atoms with Crippen molar-refractivity contribution < 1.29 is 0 Å². The molecule has 10 rings (SSSR count). The van der Waals surface area contributed by atoms with Crippen LogP contribution in [0.5, 0.6) is 0 Å². The van der Waals surface area contributed by atoms with Crippen molar-refractivity contribution in [1.82, 2.24) is 0 Å². The predicted octanol–water partition coefficient (Wildman–Crippen LogP) is 13.4. The van der Waals surface area contributed by atoms with Crippen LogP contribution >= 0.6 is 0 Å². The van der Waals surface area contributed by atoms with Gasteiger partial charge in [-0.2, -0.15) is 0 Å². The topological polar surface area (TPSA) is 6.48 Å². The number of para-hydroxylation sites is 1. The maximum absolute atomic E-state index is 2.65. The molecule has 0 bridgehead atoms. The average Bonchev–Trinajstić information content (AvgIpc) is 3.47. The third kappa shape index (κ3) is 5.69. The van der Waals surface area contributed by atoms with Gasteiger partial charge in [-0.25, -0.2) is 0 Å². The van der Waals surface area contributed by atoms with Gasteiger partial charge in [-0.3, -0.25) is 0 Å². The van der Waals surface area contributed by atoms with Crippen molar-refractivity contribution in [3.63, 3.8) is 0 Å². The minimum atomic E-state index is -0.135. The summed E-state index contributed by atoms with van der Waals surface area (Å²) in [5.74, 6) is 0. The maximum Gasteiger partial charge on any atom is 0.333 e. The zero-order chi connectivity index (χ0) is 38.8. The second kappa shape index (κ2) is 14.0.